The number of rotatable bonds is 5. The largest absolute Gasteiger partial charge is 0.491 e. The third kappa shape index (κ3) is 4.61. The third-order valence-electron chi connectivity index (χ3n) is 3.89. The predicted octanol–water partition coefficient (Wildman–Crippen LogP) is 2.21. The molecular formula is C16H21F3N2O3. The van der Waals surface area contributed by atoms with E-state index in [4.69, 9.17) is 15.2 Å². The zero-order chi connectivity index (χ0) is 17.7. The average Bonchev–Trinajstić information content (AvgIpc) is 2.53. The highest BCUT2D eigenvalue weighted by atomic mass is 19.4. The minimum absolute atomic E-state index is 0.113. The quantitative estimate of drug-likeness (QED) is 0.830. The van der Waals surface area contributed by atoms with Gasteiger partial charge in [-0.25, -0.2) is 0 Å². The zero-order valence-corrected chi connectivity index (χ0v) is 13.4. The van der Waals surface area contributed by atoms with Crippen molar-refractivity contribution in [3.63, 3.8) is 0 Å². The summed E-state index contributed by atoms with van der Waals surface area (Å²) in [6.07, 6.45) is -4.41. The Kier molecular flexibility index (Phi) is 6.06. The van der Waals surface area contributed by atoms with Crippen LogP contribution in [0.15, 0.2) is 24.3 Å². The standard InChI is InChI=1S/C16H21F3N2O3/c1-23-7-8-24-13-4-2-3-11(9-13)15(22)21-10-12(20)5-6-14(21)16(17,18)19/h2-4,9,12,14H,5-8,10,20H2,1H3/t12-,14+/m0/s1. The third-order valence-corrected chi connectivity index (χ3v) is 3.89. The predicted molar refractivity (Wildman–Crippen MR) is 81.9 cm³/mol. The summed E-state index contributed by atoms with van der Waals surface area (Å²) < 4.78 is 49.9. The Bertz CT molecular complexity index is 566. The van der Waals surface area contributed by atoms with E-state index in [1.54, 1.807) is 12.1 Å². The maximum Gasteiger partial charge on any atom is 0.408 e. The number of carbonyl (C=O) groups excluding carboxylic acids is 1. The lowest BCUT2D eigenvalue weighted by Gasteiger charge is -2.39. The molecule has 0 radical (unpaired) electrons. The molecule has 2 atom stereocenters. The van der Waals surface area contributed by atoms with Crippen LogP contribution in [0.4, 0.5) is 13.2 Å². The van der Waals surface area contributed by atoms with E-state index in [0.717, 1.165) is 4.90 Å². The van der Waals surface area contributed by atoms with Crippen molar-refractivity contribution in [3.8, 4) is 5.75 Å². The van der Waals surface area contributed by atoms with E-state index in [1.807, 2.05) is 0 Å². The maximum absolute atomic E-state index is 13.2. The molecule has 2 N–H and O–H groups in total. The minimum Gasteiger partial charge on any atom is -0.491 e. The van der Waals surface area contributed by atoms with Gasteiger partial charge in [-0.1, -0.05) is 6.07 Å². The highest BCUT2D eigenvalue weighted by Gasteiger charge is 2.47. The van der Waals surface area contributed by atoms with Crippen LogP contribution >= 0.6 is 0 Å². The Hall–Kier alpha value is -1.80. The van der Waals surface area contributed by atoms with Gasteiger partial charge in [-0.3, -0.25) is 4.79 Å². The SMILES string of the molecule is COCCOc1cccc(C(=O)N2C[C@@H](N)CC[C@@H]2C(F)(F)F)c1. The number of halogens is 3. The molecule has 1 amide bonds. The molecule has 5 nitrogen and oxygen atoms in total. The van der Waals surface area contributed by atoms with Gasteiger partial charge in [0.05, 0.1) is 6.61 Å². The number of hydrogen-bond acceptors (Lipinski definition) is 4. The van der Waals surface area contributed by atoms with Gasteiger partial charge in [-0.15, -0.1) is 0 Å². The van der Waals surface area contributed by atoms with Crippen molar-refractivity contribution in [2.24, 2.45) is 5.73 Å². The normalized spacial score (nSPS) is 21.6. The van der Waals surface area contributed by atoms with Crippen molar-refractivity contribution < 1.29 is 27.4 Å². The number of alkyl halides is 3. The molecule has 0 bridgehead atoms. The van der Waals surface area contributed by atoms with Crippen LogP contribution in [0.2, 0.25) is 0 Å². The second-order valence-corrected chi connectivity index (χ2v) is 5.72. The molecule has 1 aromatic rings. The van der Waals surface area contributed by atoms with Gasteiger partial charge in [0.25, 0.3) is 5.91 Å². The first-order valence-corrected chi connectivity index (χ1v) is 7.68. The van der Waals surface area contributed by atoms with Crippen LogP contribution in [0, 0.1) is 0 Å². The molecule has 0 unspecified atom stereocenters. The molecule has 0 spiro atoms. The summed E-state index contributed by atoms with van der Waals surface area (Å²) in [7, 11) is 1.53. The van der Waals surface area contributed by atoms with Gasteiger partial charge in [0.15, 0.2) is 0 Å². The number of benzene rings is 1. The van der Waals surface area contributed by atoms with Crippen molar-refractivity contribution >= 4 is 5.91 Å². The van der Waals surface area contributed by atoms with E-state index in [2.05, 4.69) is 0 Å². The number of piperidine rings is 1. The molecule has 24 heavy (non-hydrogen) atoms. The Morgan fingerprint density at radius 1 is 1.33 bits per heavy atom. The first-order valence-electron chi connectivity index (χ1n) is 7.68. The van der Waals surface area contributed by atoms with Crippen LogP contribution in [-0.2, 0) is 4.74 Å². The maximum atomic E-state index is 13.2. The van der Waals surface area contributed by atoms with E-state index >= 15 is 0 Å². The van der Waals surface area contributed by atoms with Crippen LogP contribution in [0.25, 0.3) is 0 Å². The second kappa shape index (κ2) is 7.85. The number of likely N-dealkylation sites (tertiary alicyclic amines) is 1. The van der Waals surface area contributed by atoms with Crippen LogP contribution in [0.5, 0.6) is 5.75 Å². The van der Waals surface area contributed by atoms with Crippen molar-refractivity contribution in [3.05, 3.63) is 29.8 Å². The van der Waals surface area contributed by atoms with Gasteiger partial charge in [0.1, 0.15) is 18.4 Å². The van der Waals surface area contributed by atoms with E-state index < -0.39 is 24.2 Å². The topological polar surface area (TPSA) is 64.8 Å². The number of amides is 1. The number of carbonyl (C=O) groups is 1. The fraction of sp³-hybridized carbons (Fsp3) is 0.562. The highest BCUT2D eigenvalue weighted by Crippen LogP contribution is 2.32. The first-order chi connectivity index (χ1) is 11.3. The van der Waals surface area contributed by atoms with Gasteiger partial charge < -0.3 is 20.1 Å². The van der Waals surface area contributed by atoms with Crippen LogP contribution in [0.1, 0.15) is 23.2 Å². The summed E-state index contributed by atoms with van der Waals surface area (Å²) in [5, 5.41) is 0. The van der Waals surface area contributed by atoms with Crippen molar-refractivity contribution in [1.82, 2.24) is 4.90 Å². The van der Waals surface area contributed by atoms with Gasteiger partial charge in [0.2, 0.25) is 0 Å². The molecule has 0 aliphatic carbocycles. The van der Waals surface area contributed by atoms with E-state index in [-0.39, 0.29) is 31.6 Å². The van der Waals surface area contributed by atoms with E-state index in [1.165, 1.54) is 19.2 Å². The van der Waals surface area contributed by atoms with Gasteiger partial charge in [-0.2, -0.15) is 13.2 Å². The summed E-state index contributed by atoms with van der Waals surface area (Å²) >= 11 is 0. The average molecular weight is 346 g/mol. The Balaban J connectivity index is 2.17. The summed E-state index contributed by atoms with van der Waals surface area (Å²) in [6, 6.07) is 3.86. The number of nitrogens with zero attached hydrogens (tertiary/aromatic N) is 1. The van der Waals surface area contributed by atoms with Gasteiger partial charge in [0, 0.05) is 25.3 Å². The molecular weight excluding hydrogens is 325 g/mol. The number of ether oxygens (including phenoxy) is 2. The number of nitrogens with two attached hydrogens (primary N) is 1. The molecule has 1 heterocycles. The monoisotopic (exact) mass is 346 g/mol. The summed E-state index contributed by atoms with van der Waals surface area (Å²) in [5.74, 6) is -0.285. The lowest BCUT2D eigenvalue weighted by atomic mass is 9.97. The fourth-order valence-corrected chi connectivity index (χ4v) is 2.69. The zero-order valence-electron chi connectivity index (χ0n) is 13.4. The molecule has 134 valence electrons. The molecule has 0 saturated carbocycles. The van der Waals surface area contributed by atoms with Crippen molar-refractivity contribution in [2.75, 3.05) is 26.9 Å². The lowest BCUT2D eigenvalue weighted by molar-refractivity contribution is -0.184. The second-order valence-electron chi connectivity index (χ2n) is 5.72. The van der Waals surface area contributed by atoms with Crippen molar-refractivity contribution in [2.45, 2.75) is 31.1 Å². The van der Waals surface area contributed by atoms with E-state index in [9.17, 15) is 18.0 Å². The Labute approximate surface area is 138 Å². The molecule has 2 rings (SSSR count). The minimum atomic E-state index is -4.47. The van der Waals surface area contributed by atoms with Crippen LogP contribution in [0.3, 0.4) is 0 Å². The molecule has 1 fully saturated rings. The van der Waals surface area contributed by atoms with Crippen LogP contribution < -0.4 is 10.5 Å². The highest BCUT2D eigenvalue weighted by molar-refractivity contribution is 5.95. The molecule has 1 aromatic carbocycles. The number of methoxy groups -OCH3 is 1. The molecule has 8 heteroatoms. The van der Waals surface area contributed by atoms with Gasteiger partial charge >= 0.3 is 6.18 Å². The summed E-state index contributed by atoms with van der Waals surface area (Å²) in [5.41, 5.74) is 5.90. The smallest absolute Gasteiger partial charge is 0.408 e. The fourth-order valence-electron chi connectivity index (χ4n) is 2.69. The number of hydrogen-bond donors (Lipinski definition) is 1. The van der Waals surface area contributed by atoms with Crippen LogP contribution in [-0.4, -0.2) is 55.9 Å². The summed E-state index contributed by atoms with van der Waals surface area (Å²) in [4.78, 5) is 13.4. The summed E-state index contributed by atoms with van der Waals surface area (Å²) in [6.45, 7) is 0.543. The lowest BCUT2D eigenvalue weighted by Crippen LogP contribution is -2.56. The van der Waals surface area contributed by atoms with E-state index in [0.29, 0.717) is 12.4 Å². The Morgan fingerprint density at radius 3 is 2.75 bits per heavy atom. The molecule has 0 aromatic heterocycles. The first kappa shape index (κ1) is 18.5. The molecule has 1 aliphatic heterocycles. The Morgan fingerprint density at radius 2 is 2.08 bits per heavy atom. The molecule has 1 saturated heterocycles. The van der Waals surface area contributed by atoms with Gasteiger partial charge in [-0.05, 0) is 31.0 Å². The molecule has 1 aliphatic rings. The van der Waals surface area contributed by atoms with Crippen molar-refractivity contribution in [1.29, 1.82) is 0 Å².